The largest absolute Gasteiger partial charge is 0.316 e. The topological polar surface area (TPSA) is 46.2 Å². The second-order valence-electron chi connectivity index (χ2n) is 4.46. The van der Waals surface area contributed by atoms with Crippen LogP contribution in [0.3, 0.4) is 0 Å². The van der Waals surface area contributed by atoms with Crippen molar-refractivity contribution in [3.05, 3.63) is 0 Å². The van der Waals surface area contributed by atoms with Crippen molar-refractivity contribution < 1.29 is 8.42 Å². The van der Waals surface area contributed by atoms with Crippen LogP contribution in [0.2, 0.25) is 0 Å². The molecule has 92 valence electrons. The summed E-state index contributed by atoms with van der Waals surface area (Å²) in [7, 11) is -2.76. The van der Waals surface area contributed by atoms with Gasteiger partial charge in [-0.3, -0.25) is 0 Å². The first-order valence-electron chi connectivity index (χ1n) is 5.89. The quantitative estimate of drug-likeness (QED) is 0.620. The zero-order valence-corrected chi connectivity index (χ0v) is 11.1. The Kier molecular flexibility index (Phi) is 8.06. The number of hydrogen-bond acceptors (Lipinski definition) is 3. The molecule has 0 radical (unpaired) electrons. The Bertz CT molecular complexity index is 235. The predicted octanol–water partition coefficient (Wildman–Crippen LogP) is 1.84. The van der Waals surface area contributed by atoms with Crippen LogP contribution < -0.4 is 5.32 Å². The van der Waals surface area contributed by atoms with Gasteiger partial charge in [-0.05, 0) is 38.3 Å². The predicted molar refractivity (Wildman–Crippen MR) is 65.9 cm³/mol. The molecule has 0 fully saturated rings. The third kappa shape index (κ3) is 10.2. The highest BCUT2D eigenvalue weighted by atomic mass is 32.2. The van der Waals surface area contributed by atoms with Gasteiger partial charge in [0.2, 0.25) is 0 Å². The lowest BCUT2D eigenvalue weighted by Crippen LogP contribution is -2.21. The van der Waals surface area contributed by atoms with Crippen LogP contribution in [0.15, 0.2) is 0 Å². The molecule has 0 rings (SSSR count). The lowest BCUT2D eigenvalue weighted by Gasteiger charge is -2.07. The number of rotatable bonds is 9. The fourth-order valence-electron chi connectivity index (χ4n) is 1.38. The third-order valence-corrected chi connectivity index (χ3v) is 4.07. The molecule has 0 unspecified atom stereocenters. The van der Waals surface area contributed by atoms with Crippen LogP contribution in [0.4, 0.5) is 0 Å². The maximum atomic E-state index is 11.4. The summed E-state index contributed by atoms with van der Waals surface area (Å²) in [4.78, 5) is 0. The Morgan fingerprint density at radius 3 is 2.33 bits per heavy atom. The normalized spacial score (nSPS) is 12.3. The molecule has 15 heavy (non-hydrogen) atoms. The van der Waals surface area contributed by atoms with E-state index in [4.69, 9.17) is 0 Å². The van der Waals surface area contributed by atoms with Crippen LogP contribution >= 0.6 is 0 Å². The number of unbranched alkanes of at least 4 members (excludes halogenated alkanes) is 1. The van der Waals surface area contributed by atoms with Crippen LogP contribution in [0.1, 0.15) is 40.0 Å². The van der Waals surface area contributed by atoms with Gasteiger partial charge in [-0.25, -0.2) is 8.42 Å². The first-order chi connectivity index (χ1) is 6.98. The summed E-state index contributed by atoms with van der Waals surface area (Å²) in [5.41, 5.74) is 0. The van der Waals surface area contributed by atoms with Crippen molar-refractivity contribution in [2.45, 2.75) is 40.0 Å². The number of nitrogens with one attached hydrogen (secondary N) is 1. The molecule has 0 spiro atoms. The first kappa shape index (κ1) is 14.9. The number of hydrogen-bond donors (Lipinski definition) is 1. The van der Waals surface area contributed by atoms with Gasteiger partial charge in [-0.15, -0.1) is 0 Å². The maximum Gasteiger partial charge on any atom is 0.150 e. The molecule has 0 atom stereocenters. The second kappa shape index (κ2) is 8.11. The van der Waals surface area contributed by atoms with E-state index in [0.29, 0.717) is 17.4 Å². The van der Waals surface area contributed by atoms with E-state index in [-0.39, 0.29) is 0 Å². The van der Waals surface area contributed by atoms with Gasteiger partial charge in [-0.2, -0.15) is 0 Å². The van der Waals surface area contributed by atoms with E-state index >= 15 is 0 Å². The lowest BCUT2D eigenvalue weighted by molar-refractivity contribution is 0.538. The van der Waals surface area contributed by atoms with Gasteiger partial charge in [0.15, 0.2) is 0 Å². The van der Waals surface area contributed by atoms with Crippen molar-refractivity contribution >= 4 is 9.84 Å². The number of sulfone groups is 1. The van der Waals surface area contributed by atoms with E-state index < -0.39 is 9.84 Å². The van der Waals surface area contributed by atoms with Crippen molar-refractivity contribution in [3.8, 4) is 0 Å². The van der Waals surface area contributed by atoms with Crippen molar-refractivity contribution in [2.24, 2.45) is 5.92 Å². The summed E-state index contributed by atoms with van der Waals surface area (Å²) in [6.07, 6.45) is 2.47. The van der Waals surface area contributed by atoms with Crippen molar-refractivity contribution in [3.63, 3.8) is 0 Å². The summed E-state index contributed by atoms with van der Waals surface area (Å²) in [6.45, 7) is 8.18. The minimum absolute atomic E-state index is 0.340. The van der Waals surface area contributed by atoms with Crippen LogP contribution in [-0.2, 0) is 9.84 Å². The van der Waals surface area contributed by atoms with Crippen molar-refractivity contribution in [2.75, 3.05) is 24.6 Å². The molecule has 0 aromatic carbocycles. The zero-order valence-electron chi connectivity index (χ0n) is 10.3. The maximum absolute atomic E-state index is 11.4. The Balaban J connectivity index is 3.38. The highest BCUT2D eigenvalue weighted by Gasteiger charge is 2.07. The van der Waals surface area contributed by atoms with Gasteiger partial charge >= 0.3 is 0 Å². The second-order valence-corrected chi connectivity index (χ2v) is 6.76. The molecule has 4 heteroatoms. The van der Waals surface area contributed by atoms with Gasteiger partial charge in [0.25, 0.3) is 0 Å². The molecule has 0 saturated carbocycles. The lowest BCUT2D eigenvalue weighted by atomic mass is 10.2. The van der Waals surface area contributed by atoms with E-state index in [9.17, 15) is 8.42 Å². The molecule has 0 amide bonds. The van der Waals surface area contributed by atoms with Gasteiger partial charge in [-0.1, -0.05) is 20.8 Å². The molecule has 0 heterocycles. The first-order valence-corrected chi connectivity index (χ1v) is 7.71. The van der Waals surface area contributed by atoms with Crippen LogP contribution in [0, 0.1) is 5.92 Å². The average molecular weight is 235 g/mol. The van der Waals surface area contributed by atoms with Crippen LogP contribution in [0.5, 0.6) is 0 Å². The van der Waals surface area contributed by atoms with E-state index in [2.05, 4.69) is 19.2 Å². The SMILES string of the molecule is CCCS(=O)(=O)CCCCNCC(C)C. The van der Waals surface area contributed by atoms with Crippen molar-refractivity contribution in [1.29, 1.82) is 0 Å². The Morgan fingerprint density at radius 2 is 1.80 bits per heavy atom. The van der Waals surface area contributed by atoms with E-state index in [1.165, 1.54) is 0 Å². The standard InChI is InChI=1S/C11H25NO2S/c1-4-8-15(13,14)9-6-5-7-12-10-11(2)3/h11-12H,4-10H2,1-3H3. The van der Waals surface area contributed by atoms with Gasteiger partial charge < -0.3 is 5.32 Å². The third-order valence-electron chi connectivity index (χ3n) is 2.13. The fraction of sp³-hybridized carbons (Fsp3) is 1.00. The highest BCUT2D eigenvalue weighted by molar-refractivity contribution is 7.91. The molecular formula is C11H25NO2S. The van der Waals surface area contributed by atoms with E-state index in [1.54, 1.807) is 0 Å². The minimum Gasteiger partial charge on any atom is -0.316 e. The summed E-state index contributed by atoms with van der Waals surface area (Å²) in [5, 5.41) is 3.31. The Hall–Kier alpha value is -0.0900. The molecule has 0 aromatic rings. The Morgan fingerprint density at radius 1 is 1.13 bits per heavy atom. The molecule has 0 aromatic heterocycles. The van der Waals surface area contributed by atoms with E-state index in [0.717, 1.165) is 32.4 Å². The van der Waals surface area contributed by atoms with Crippen LogP contribution in [0.25, 0.3) is 0 Å². The molecule has 0 bridgehead atoms. The Labute approximate surface area is 94.6 Å². The minimum atomic E-state index is -2.76. The molecule has 0 aliphatic rings. The molecule has 3 nitrogen and oxygen atoms in total. The smallest absolute Gasteiger partial charge is 0.150 e. The summed E-state index contributed by atoms with van der Waals surface area (Å²) >= 11 is 0. The summed E-state index contributed by atoms with van der Waals surface area (Å²) < 4.78 is 22.7. The molecule has 0 saturated heterocycles. The molecular weight excluding hydrogens is 210 g/mol. The van der Waals surface area contributed by atoms with Gasteiger partial charge in [0.1, 0.15) is 9.84 Å². The fourth-order valence-corrected chi connectivity index (χ4v) is 2.85. The summed E-state index contributed by atoms with van der Waals surface area (Å²) in [6, 6.07) is 0. The molecule has 1 N–H and O–H groups in total. The highest BCUT2D eigenvalue weighted by Crippen LogP contribution is 1.99. The van der Waals surface area contributed by atoms with Crippen LogP contribution in [-0.4, -0.2) is 33.0 Å². The summed E-state index contributed by atoms with van der Waals surface area (Å²) in [5.74, 6) is 1.35. The molecule has 0 aliphatic heterocycles. The van der Waals surface area contributed by atoms with Gasteiger partial charge in [0.05, 0.1) is 5.75 Å². The van der Waals surface area contributed by atoms with E-state index in [1.807, 2.05) is 6.92 Å². The zero-order chi connectivity index (χ0) is 11.7. The molecule has 0 aliphatic carbocycles. The van der Waals surface area contributed by atoms with Gasteiger partial charge in [0, 0.05) is 5.75 Å². The van der Waals surface area contributed by atoms with Crippen molar-refractivity contribution in [1.82, 2.24) is 5.32 Å². The average Bonchev–Trinajstić information content (AvgIpc) is 2.10. The monoisotopic (exact) mass is 235 g/mol.